The number of quaternary nitrogens is 1. The Labute approximate surface area is 174 Å². The molecular formula is C20H21F6N2O3+. The van der Waals surface area contributed by atoms with Gasteiger partial charge in [-0.05, 0) is 29.8 Å². The van der Waals surface area contributed by atoms with Crippen molar-refractivity contribution < 1.29 is 45.9 Å². The summed E-state index contributed by atoms with van der Waals surface area (Å²) in [5.41, 5.74) is -4.40. The van der Waals surface area contributed by atoms with E-state index in [1.807, 2.05) is 0 Å². The number of alkyl halides is 6. The molecule has 2 rings (SSSR count). The Morgan fingerprint density at radius 3 is 2.00 bits per heavy atom. The number of hydrogen-bond acceptors (Lipinski definition) is 3. The summed E-state index contributed by atoms with van der Waals surface area (Å²) in [5.74, 6) is -0.835. The molecule has 31 heavy (non-hydrogen) atoms. The third-order valence-corrected chi connectivity index (χ3v) is 4.57. The molecule has 0 saturated carbocycles. The first-order valence-electron chi connectivity index (χ1n) is 9.01. The molecule has 2 aromatic rings. The molecule has 0 atom stereocenters. The molecule has 0 aliphatic rings. The molecule has 0 bridgehead atoms. The molecule has 0 aliphatic carbocycles. The lowest BCUT2D eigenvalue weighted by Gasteiger charge is -2.35. The van der Waals surface area contributed by atoms with Crippen LogP contribution in [0.2, 0.25) is 0 Å². The van der Waals surface area contributed by atoms with Crippen LogP contribution in [-0.4, -0.2) is 44.7 Å². The average Bonchev–Trinajstić information content (AvgIpc) is 2.71. The third-order valence-electron chi connectivity index (χ3n) is 4.57. The van der Waals surface area contributed by atoms with E-state index in [1.54, 1.807) is 0 Å². The van der Waals surface area contributed by atoms with Crippen molar-refractivity contribution in [3.8, 4) is 11.5 Å². The number of benzene rings is 2. The minimum atomic E-state index is -5.81. The maximum atomic E-state index is 13.7. The second kappa shape index (κ2) is 9.46. The molecule has 0 fully saturated rings. The summed E-state index contributed by atoms with van der Waals surface area (Å²) in [5, 5.41) is 1.21. The monoisotopic (exact) mass is 451 g/mol. The summed E-state index contributed by atoms with van der Waals surface area (Å²) in [6.07, 6.45) is -11.8. The zero-order chi connectivity index (χ0) is 23.3. The fraction of sp³-hybridized carbons (Fsp3) is 0.350. The van der Waals surface area contributed by atoms with Gasteiger partial charge in [-0.3, -0.25) is 10.1 Å². The number of carbonyl (C=O) groups is 1. The Morgan fingerprint density at radius 2 is 1.48 bits per heavy atom. The molecule has 0 saturated heterocycles. The third kappa shape index (κ3) is 5.40. The van der Waals surface area contributed by atoms with Gasteiger partial charge in [0.25, 0.3) is 5.91 Å². The highest BCUT2D eigenvalue weighted by atomic mass is 19.4. The van der Waals surface area contributed by atoms with E-state index < -0.39 is 30.5 Å². The van der Waals surface area contributed by atoms with Gasteiger partial charge in [-0.2, -0.15) is 26.3 Å². The summed E-state index contributed by atoms with van der Waals surface area (Å²) in [6.45, 7) is -0.621. The van der Waals surface area contributed by atoms with Crippen molar-refractivity contribution in [2.75, 3.05) is 20.8 Å². The molecule has 0 radical (unpaired) electrons. The second-order valence-electron chi connectivity index (χ2n) is 6.56. The van der Waals surface area contributed by atoms with Gasteiger partial charge in [0.1, 0.15) is 0 Å². The van der Waals surface area contributed by atoms with Crippen LogP contribution in [-0.2, 0) is 6.42 Å². The summed E-state index contributed by atoms with van der Waals surface area (Å²) in [4.78, 5) is 12.2. The van der Waals surface area contributed by atoms with Gasteiger partial charge in [0.05, 0.1) is 20.8 Å². The normalized spacial score (nSPS) is 12.4. The molecule has 5 nitrogen and oxygen atoms in total. The second-order valence-corrected chi connectivity index (χ2v) is 6.56. The Kier molecular flexibility index (Phi) is 7.42. The minimum absolute atomic E-state index is 0.0462. The fourth-order valence-corrected chi connectivity index (χ4v) is 2.92. The van der Waals surface area contributed by atoms with Crippen LogP contribution in [0.5, 0.6) is 11.5 Å². The van der Waals surface area contributed by atoms with Crippen LogP contribution >= 0.6 is 0 Å². The summed E-state index contributed by atoms with van der Waals surface area (Å²) in [7, 11) is 2.74. The van der Waals surface area contributed by atoms with Gasteiger partial charge >= 0.3 is 18.0 Å². The molecule has 170 valence electrons. The predicted octanol–water partition coefficient (Wildman–Crippen LogP) is 3.06. The number of ether oxygens (including phenoxy) is 2. The average molecular weight is 451 g/mol. The van der Waals surface area contributed by atoms with Gasteiger partial charge in [0.2, 0.25) is 0 Å². The quantitative estimate of drug-likeness (QED) is 0.479. The molecule has 0 unspecified atom stereocenters. The van der Waals surface area contributed by atoms with E-state index in [4.69, 9.17) is 9.47 Å². The van der Waals surface area contributed by atoms with Crippen molar-refractivity contribution in [1.82, 2.24) is 5.32 Å². The van der Waals surface area contributed by atoms with Crippen LogP contribution in [0.1, 0.15) is 15.9 Å². The van der Waals surface area contributed by atoms with Gasteiger partial charge < -0.3 is 14.8 Å². The van der Waals surface area contributed by atoms with Gasteiger partial charge in [0, 0.05) is 12.0 Å². The number of nitrogens with two attached hydrogens (primary N) is 1. The van der Waals surface area contributed by atoms with Crippen molar-refractivity contribution in [3.63, 3.8) is 0 Å². The van der Waals surface area contributed by atoms with Crippen molar-refractivity contribution >= 4 is 5.91 Å². The molecule has 0 spiro atoms. The SMILES string of the molecule is COc1ccc(CC[NH2+]C(NC(=O)c2ccccc2)(C(F)(F)F)C(F)(F)F)cc1OC. The number of methoxy groups -OCH3 is 2. The Morgan fingerprint density at radius 1 is 0.903 bits per heavy atom. The van der Waals surface area contributed by atoms with Crippen LogP contribution in [0, 0.1) is 0 Å². The fourth-order valence-electron chi connectivity index (χ4n) is 2.92. The molecule has 3 N–H and O–H groups in total. The van der Waals surface area contributed by atoms with Crippen molar-refractivity contribution in [3.05, 3.63) is 59.7 Å². The Hall–Kier alpha value is -2.95. The molecule has 0 heterocycles. The van der Waals surface area contributed by atoms with E-state index in [-0.39, 0.29) is 23.1 Å². The maximum absolute atomic E-state index is 13.7. The van der Waals surface area contributed by atoms with Crippen LogP contribution in [0.4, 0.5) is 26.3 Å². The number of rotatable bonds is 8. The topological polar surface area (TPSA) is 64.2 Å². The molecular weight excluding hydrogens is 430 g/mol. The Bertz CT molecular complexity index is 871. The minimum Gasteiger partial charge on any atom is -0.493 e. The van der Waals surface area contributed by atoms with Gasteiger partial charge in [-0.25, -0.2) is 0 Å². The van der Waals surface area contributed by atoms with E-state index >= 15 is 0 Å². The first-order chi connectivity index (χ1) is 14.4. The molecule has 2 aromatic carbocycles. The zero-order valence-electron chi connectivity index (χ0n) is 16.6. The van der Waals surface area contributed by atoms with E-state index in [2.05, 4.69) is 0 Å². The van der Waals surface area contributed by atoms with Crippen molar-refractivity contribution in [2.45, 2.75) is 24.4 Å². The summed E-state index contributed by atoms with van der Waals surface area (Å²) >= 11 is 0. The van der Waals surface area contributed by atoms with Crippen LogP contribution in [0.15, 0.2) is 48.5 Å². The standard InChI is InChI=1S/C20H20F6N2O3/c1-30-15-9-8-13(12-16(15)31-2)10-11-27-18(19(21,22)23,20(24,25)26)28-17(29)14-6-4-3-5-7-14/h3-9,12,27H,10-11H2,1-2H3,(H,28,29)/p+1. The lowest BCUT2D eigenvalue weighted by molar-refractivity contribution is -0.784. The molecule has 1 amide bonds. The maximum Gasteiger partial charge on any atom is 0.475 e. The highest BCUT2D eigenvalue weighted by Crippen LogP contribution is 2.38. The van der Waals surface area contributed by atoms with E-state index in [0.29, 0.717) is 11.3 Å². The first-order valence-corrected chi connectivity index (χ1v) is 9.01. The van der Waals surface area contributed by atoms with E-state index in [9.17, 15) is 31.1 Å². The number of halogens is 6. The van der Waals surface area contributed by atoms with Gasteiger partial charge in [-0.15, -0.1) is 0 Å². The summed E-state index contributed by atoms with van der Waals surface area (Å²) < 4.78 is 92.3. The lowest BCUT2D eigenvalue weighted by Crippen LogP contribution is -3.08. The summed E-state index contributed by atoms with van der Waals surface area (Å²) in [6, 6.07) is 10.8. The molecule has 11 heteroatoms. The molecule has 0 aliphatic heterocycles. The predicted molar refractivity (Wildman–Crippen MR) is 98.8 cm³/mol. The van der Waals surface area contributed by atoms with Crippen molar-refractivity contribution in [2.24, 2.45) is 0 Å². The van der Waals surface area contributed by atoms with Crippen LogP contribution < -0.4 is 20.1 Å². The van der Waals surface area contributed by atoms with E-state index in [0.717, 1.165) is 17.4 Å². The number of carbonyl (C=O) groups excluding carboxylic acids is 1. The molecule has 0 aromatic heterocycles. The smallest absolute Gasteiger partial charge is 0.475 e. The largest absolute Gasteiger partial charge is 0.493 e. The Balaban J connectivity index is 2.28. The lowest BCUT2D eigenvalue weighted by atomic mass is 10.1. The first kappa shape index (κ1) is 24.3. The van der Waals surface area contributed by atoms with Crippen LogP contribution in [0.3, 0.4) is 0 Å². The highest BCUT2D eigenvalue weighted by molar-refractivity contribution is 5.94. The van der Waals surface area contributed by atoms with Gasteiger partial charge in [0.15, 0.2) is 11.5 Å². The van der Waals surface area contributed by atoms with Crippen LogP contribution in [0.25, 0.3) is 0 Å². The number of hydrogen-bond donors (Lipinski definition) is 2. The van der Waals surface area contributed by atoms with Crippen molar-refractivity contribution in [1.29, 1.82) is 0 Å². The van der Waals surface area contributed by atoms with Gasteiger partial charge in [-0.1, -0.05) is 24.3 Å². The zero-order valence-corrected chi connectivity index (χ0v) is 16.6. The highest BCUT2D eigenvalue weighted by Gasteiger charge is 2.76. The number of amides is 1. The number of nitrogens with one attached hydrogen (secondary N) is 1. The van der Waals surface area contributed by atoms with E-state index in [1.165, 1.54) is 50.6 Å².